The Morgan fingerprint density at radius 1 is 1.00 bits per heavy atom. The Labute approximate surface area is 166 Å². The van der Waals surface area contributed by atoms with E-state index in [1.54, 1.807) is 18.5 Å². The van der Waals surface area contributed by atoms with Gasteiger partial charge in [0.1, 0.15) is 5.82 Å². The van der Waals surface area contributed by atoms with Crippen LogP contribution < -0.4 is 10.9 Å². The fraction of sp³-hybridized carbons (Fsp3) is 0.182. The van der Waals surface area contributed by atoms with Crippen LogP contribution in [0.3, 0.4) is 0 Å². The standard InChI is InChI=1S/C22H19N5O2/c1-22(2)17-18(23-20(22)29)24-21(25-19(17)28)27-16-11-7-6-10-14(16)15(26-27)12-13-8-4-3-5-9-13/h3-11H,12H2,1-2H3,(H2,23,24,25,28,29). The molecule has 0 radical (unpaired) electrons. The van der Waals surface area contributed by atoms with Crippen LogP contribution in [0.1, 0.15) is 30.7 Å². The number of rotatable bonds is 3. The van der Waals surface area contributed by atoms with Gasteiger partial charge < -0.3 is 5.32 Å². The minimum atomic E-state index is -0.918. The number of aromatic nitrogens is 4. The van der Waals surface area contributed by atoms with E-state index in [9.17, 15) is 9.59 Å². The van der Waals surface area contributed by atoms with Gasteiger partial charge in [-0.1, -0.05) is 48.5 Å². The van der Waals surface area contributed by atoms with Crippen molar-refractivity contribution in [2.75, 3.05) is 5.32 Å². The zero-order chi connectivity index (χ0) is 20.2. The fourth-order valence-corrected chi connectivity index (χ4v) is 3.82. The van der Waals surface area contributed by atoms with Crippen molar-refractivity contribution in [3.8, 4) is 5.95 Å². The predicted octanol–water partition coefficient (Wildman–Crippen LogP) is 2.93. The van der Waals surface area contributed by atoms with E-state index in [0.717, 1.165) is 22.2 Å². The van der Waals surface area contributed by atoms with Gasteiger partial charge in [0, 0.05) is 11.8 Å². The Kier molecular flexibility index (Phi) is 3.67. The van der Waals surface area contributed by atoms with E-state index in [-0.39, 0.29) is 17.4 Å². The van der Waals surface area contributed by atoms with E-state index in [1.807, 2.05) is 42.5 Å². The van der Waals surface area contributed by atoms with Crippen molar-refractivity contribution in [1.29, 1.82) is 0 Å². The Morgan fingerprint density at radius 3 is 2.52 bits per heavy atom. The maximum atomic E-state index is 12.8. The molecule has 0 saturated heterocycles. The van der Waals surface area contributed by atoms with Gasteiger partial charge in [0.2, 0.25) is 11.9 Å². The van der Waals surface area contributed by atoms with E-state index in [1.165, 1.54) is 0 Å². The molecule has 0 saturated carbocycles. The highest BCUT2D eigenvalue weighted by atomic mass is 16.2. The van der Waals surface area contributed by atoms with Gasteiger partial charge in [-0.05, 0) is 25.5 Å². The molecule has 0 spiro atoms. The van der Waals surface area contributed by atoms with Crippen LogP contribution in [0.5, 0.6) is 0 Å². The number of hydrogen-bond acceptors (Lipinski definition) is 4. The Morgan fingerprint density at radius 2 is 1.72 bits per heavy atom. The summed E-state index contributed by atoms with van der Waals surface area (Å²) in [7, 11) is 0. The van der Waals surface area contributed by atoms with Crippen LogP contribution >= 0.6 is 0 Å². The lowest BCUT2D eigenvalue weighted by atomic mass is 9.88. The second-order valence-corrected chi connectivity index (χ2v) is 7.73. The van der Waals surface area contributed by atoms with Gasteiger partial charge in [-0.3, -0.25) is 14.6 Å². The lowest BCUT2D eigenvalue weighted by Crippen LogP contribution is -2.31. The number of nitrogens with one attached hydrogen (secondary N) is 2. The van der Waals surface area contributed by atoms with E-state index in [4.69, 9.17) is 5.10 Å². The summed E-state index contributed by atoms with van der Waals surface area (Å²) in [5, 5.41) is 8.46. The van der Waals surface area contributed by atoms with Crippen molar-refractivity contribution >= 4 is 22.6 Å². The number of benzene rings is 2. The van der Waals surface area contributed by atoms with Crippen LogP contribution in [0, 0.1) is 0 Å². The molecular weight excluding hydrogens is 366 g/mol. The number of amides is 1. The van der Waals surface area contributed by atoms with Crippen molar-refractivity contribution in [3.05, 3.63) is 81.8 Å². The molecule has 5 rings (SSSR count). The van der Waals surface area contributed by atoms with Gasteiger partial charge in [0.05, 0.1) is 22.2 Å². The van der Waals surface area contributed by atoms with Gasteiger partial charge in [-0.15, -0.1) is 0 Å². The highest BCUT2D eigenvalue weighted by Crippen LogP contribution is 2.33. The molecule has 7 heteroatoms. The summed E-state index contributed by atoms with van der Waals surface area (Å²) in [6.07, 6.45) is 0.660. The van der Waals surface area contributed by atoms with Crippen LogP contribution in [-0.2, 0) is 16.6 Å². The number of hydrogen-bond donors (Lipinski definition) is 2. The highest BCUT2D eigenvalue weighted by Gasteiger charge is 2.42. The first-order valence-corrected chi connectivity index (χ1v) is 9.42. The van der Waals surface area contributed by atoms with Gasteiger partial charge in [0.15, 0.2) is 0 Å². The zero-order valence-electron chi connectivity index (χ0n) is 16.1. The van der Waals surface area contributed by atoms with Crippen molar-refractivity contribution in [2.45, 2.75) is 25.7 Å². The highest BCUT2D eigenvalue weighted by molar-refractivity contribution is 6.04. The third-order valence-corrected chi connectivity index (χ3v) is 5.41. The first kappa shape index (κ1) is 17.4. The molecular formula is C22H19N5O2. The summed E-state index contributed by atoms with van der Waals surface area (Å²) in [6, 6.07) is 17.9. The normalized spacial score (nSPS) is 14.8. The molecule has 2 aromatic carbocycles. The van der Waals surface area contributed by atoms with Crippen LogP contribution in [-0.4, -0.2) is 25.7 Å². The first-order valence-electron chi connectivity index (χ1n) is 9.42. The maximum absolute atomic E-state index is 12.8. The quantitative estimate of drug-likeness (QED) is 0.567. The molecule has 2 aromatic heterocycles. The molecule has 3 heterocycles. The van der Waals surface area contributed by atoms with Gasteiger partial charge in [-0.2, -0.15) is 14.8 Å². The number of nitrogens with zero attached hydrogens (tertiary/aromatic N) is 3. The summed E-state index contributed by atoms with van der Waals surface area (Å²) in [6.45, 7) is 3.43. The van der Waals surface area contributed by atoms with Crippen LogP contribution in [0.15, 0.2) is 59.4 Å². The predicted molar refractivity (Wildman–Crippen MR) is 110 cm³/mol. The Balaban J connectivity index is 1.67. The number of carbonyl (C=O) groups excluding carboxylic acids is 1. The summed E-state index contributed by atoms with van der Waals surface area (Å²) >= 11 is 0. The Bertz CT molecular complexity index is 1320. The van der Waals surface area contributed by atoms with Crippen molar-refractivity contribution in [3.63, 3.8) is 0 Å². The lowest BCUT2D eigenvalue weighted by molar-refractivity contribution is -0.119. The van der Waals surface area contributed by atoms with Gasteiger partial charge >= 0.3 is 0 Å². The molecule has 0 unspecified atom stereocenters. The minimum absolute atomic E-state index is 0.238. The second-order valence-electron chi connectivity index (χ2n) is 7.73. The van der Waals surface area contributed by atoms with Crippen LogP contribution in [0.25, 0.3) is 16.9 Å². The molecule has 1 aliphatic rings. The molecule has 144 valence electrons. The molecule has 0 atom stereocenters. The molecule has 0 bridgehead atoms. The third-order valence-electron chi connectivity index (χ3n) is 5.41. The number of aromatic amines is 1. The summed E-state index contributed by atoms with van der Waals surface area (Å²) in [5.74, 6) is 0.336. The molecule has 7 nitrogen and oxygen atoms in total. The van der Waals surface area contributed by atoms with Crippen molar-refractivity contribution in [1.82, 2.24) is 19.7 Å². The molecule has 1 amide bonds. The van der Waals surface area contributed by atoms with E-state index in [0.29, 0.717) is 17.8 Å². The van der Waals surface area contributed by atoms with E-state index in [2.05, 4.69) is 27.4 Å². The molecule has 4 aromatic rings. The fourth-order valence-electron chi connectivity index (χ4n) is 3.82. The number of carbonyl (C=O) groups is 1. The SMILES string of the molecule is CC1(C)C(=O)Nc2nc(-n3nc(Cc4ccccc4)c4ccccc43)[nH]c(=O)c21. The third kappa shape index (κ3) is 2.66. The monoisotopic (exact) mass is 385 g/mol. The summed E-state index contributed by atoms with van der Waals surface area (Å²) in [4.78, 5) is 32.3. The molecule has 2 N–H and O–H groups in total. The largest absolute Gasteiger partial charge is 0.309 e. The molecule has 29 heavy (non-hydrogen) atoms. The first-order chi connectivity index (χ1) is 13.9. The van der Waals surface area contributed by atoms with Gasteiger partial charge in [-0.25, -0.2) is 0 Å². The topological polar surface area (TPSA) is 92.7 Å². The van der Waals surface area contributed by atoms with Crippen LogP contribution in [0.4, 0.5) is 5.82 Å². The van der Waals surface area contributed by atoms with Crippen LogP contribution in [0.2, 0.25) is 0 Å². The molecule has 0 aliphatic carbocycles. The molecule has 0 fully saturated rings. The smallest absolute Gasteiger partial charge is 0.258 e. The number of fused-ring (bicyclic) bond motifs is 2. The maximum Gasteiger partial charge on any atom is 0.258 e. The summed E-state index contributed by atoms with van der Waals surface area (Å²) in [5.41, 5.74) is 1.97. The lowest BCUT2D eigenvalue weighted by Gasteiger charge is -2.13. The molecule has 1 aliphatic heterocycles. The summed E-state index contributed by atoms with van der Waals surface area (Å²) < 4.78 is 1.63. The second kappa shape index (κ2) is 6.13. The average Bonchev–Trinajstić information content (AvgIpc) is 3.17. The number of para-hydroxylation sites is 1. The number of anilines is 1. The average molecular weight is 385 g/mol. The Hall–Kier alpha value is -3.74. The minimum Gasteiger partial charge on any atom is -0.309 e. The number of H-pyrrole nitrogens is 1. The van der Waals surface area contributed by atoms with Gasteiger partial charge in [0.25, 0.3) is 5.56 Å². The van der Waals surface area contributed by atoms with E-state index < -0.39 is 5.41 Å². The van der Waals surface area contributed by atoms with Crippen molar-refractivity contribution < 1.29 is 4.79 Å². The van der Waals surface area contributed by atoms with E-state index >= 15 is 0 Å². The zero-order valence-corrected chi connectivity index (χ0v) is 16.1. The van der Waals surface area contributed by atoms with Crippen molar-refractivity contribution in [2.24, 2.45) is 0 Å².